The van der Waals surface area contributed by atoms with Gasteiger partial charge in [0.2, 0.25) is 0 Å². The Bertz CT molecular complexity index is 290. The number of nitrogen functional groups attached to an aromatic ring is 1. The minimum absolute atomic E-state index is 0.605. The van der Waals surface area contributed by atoms with Crippen molar-refractivity contribution in [2.24, 2.45) is 0 Å². The molecule has 0 saturated heterocycles. The molecule has 0 bridgehead atoms. The van der Waals surface area contributed by atoms with Crippen molar-refractivity contribution in [2.75, 3.05) is 5.73 Å². The molecule has 1 aromatic heterocycles. The first-order valence-corrected chi connectivity index (χ1v) is 3.51. The van der Waals surface area contributed by atoms with Crippen LogP contribution in [0.3, 0.4) is 0 Å². The highest BCUT2D eigenvalue weighted by Crippen LogP contribution is 2.16. The summed E-state index contributed by atoms with van der Waals surface area (Å²) >= 11 is 0. The van der Waals surface area contributed by atoms with Crippen LogP contribution >= 0.6 is 0 Å². The van der Waals surface area contributed by atoms with Crippen LogP contribution in [0.2, 0.25) is 0 Å². The molecule has 2 heteroatoms. The molecule has 58 valence electrons. The Kier molecular flexibility index (Phi) is 1.94. The summed E-state index contributed by atoms with van der Waals surface area (Å²) in [7, 11) is 0. The van der Waals surface area contributed by atoms with E-state index in [-0.39, 0.29) is 0 Å². The Hall–Kier alpha value is -1.31. The highest BCUT2D eigenvalue weighted by atomic mass is 14.8. The molecular formula is C9H12N2. The van der Waals surface area contributed by atoms with E-state index in [1.165, 1.54) is 0 Å². The van der Waals surface area contributed by atoms with Gasteiger partial charge in [-0.2, -0.15) is 0 Å². The van der Waals surface area contributed by atoms with E-state index in [9.17, 15) is 0 Å². The van der Waals surface area contributed by atoms with Gasteiger partial charge in [-0.1, -0.05) is 12.7 Å². The van der Waals surface area contributed by atoms with Crippen LogP contribution in [0.25, 0.3) is 6.08 Å². The van der Waals surface area contributed by atoms with Gasteiger partial charge in [0.25, 0.3) is 0 Å². The second-order valence-electron chi connectivity index (χ2n) is 2.55. The lowest BCUT2D eigenvalue weighted by Gasteiger charge is -2.05. The minimum Gasteiger partial charge on any atom is -0.383 e. The first-order chi connectivity index (χ1) is 5.16. The van der Waals surface area contributed by atoms with Gasteiger partial charge in [-0.3, -0.25) is 0 Å². The summed E-state index contributed by atoms with van der Waals surface area (Å²) in [6.45, 7) is 7.66. The van der Waals surface area contributed by atoms with Crippen LogP contribution < -0.4 is 5.73 Å². The summed E-state index contributed by atoms with van der Waals surface area (Å²) in [6, 6.07) is 0. The summed E-state index contributed by atoms with van der Waals surface area (Å²) < 4.78 is 0. The summed E-state index contributed by atoms with van der Waals surface area (Å²) in [5, 5.41) is 0. The maximum atomic E-state index is 5.60. The van der Waals surface area contributed by atoms with Crippen molar-refractivity contribution in [1.29, 1.82) is 0 Å². The first kappa shape index (κ1) is 7.79. The number of nitrogens with two attached hydrogens (primary N) is 1. The second kappa shape index (κ2) is 2.74. The highest BCUT2D eigenvalue weighted by Gasteiger charge is 2.01. The van der Waals surface area contributed by atoms with Gasteiger partial charge in [0.1, 0.15) is 5.82 Å². The van der Waals surface area contributed by atoms with Crippen LogP contribution in [0, 0.1) is 13.8 Å². The van der Waals surface area contributed by atoms with Gasteiger partial charge in [0.05, 0.1) is 0 Å². The van der Waals surface area contributed by atoms with E-state index in [4.69, 9.17) is 5.73 Å². The zero-order valence-corrected chi connectivity index (χ0v) is 6.89. The standard InChI is InChI=1S/C9H12N2/c1-4-8-5-11-9(10)7(3)6(8)2/h4-5H,1H2,2-3H3,(H2,10,11). The number of hydrogen-bond donors (Lipinski definition) is 1. The fourth-order valence-electron chi connectivity index (χ4n) is 0.947. The number of aromatic nitrogens is 1. The van der Waals surface area contributed by atoms with Gasteiger partial charge >= 0.3 is 0 Å². The maximum absolute atomic E-state index is 5.60. The van der Waals surface area contributed by atoms with Crippen LogP contribution in [-0.4, -0.2) is 4.98 Å². The molecule has 0 radical (unpaired) electrons. The number of nitrogens with zero attached hydrogens (tertiary/aromatic N) is 1. The third-order valence-corrected chi connectivity index (χ3v) is 1.94. The minimum atomic E-state index is 0.605. The Morgan fingerprint density at radius 1 is 1.45 bits per heavy atom. The van der Waals surface area contributed by atoms with E-state index >= 15 is 0 Å². The molecule has 0 aliphatic heterocycles. The molecule has 0 aliphatic carbocycles. The van der Waals surface area contributed by atoms with Crippen LogP contribution in [0.4, 0.5) is 5.82 Å². The fraction of sp³-hybridized carbons (Fsp3) is 0.222. The van der Waals surface area contributed by atoms with Gasteiger partial charge < -0.3 is 5.73 Å². The van der Waals surface area contributed by atoms with Crippen molar-refractivity contribution in [3.8, 4) is 0 Å². The van der Waals surface area contributed by atoms with E-state index < -0.39 is 0 Å². The van der Waals surface area contributed by atoms with Gasteiger partial charge in [-0.05, 0) is 30.5 Å². The topological polar surface area (TPSA) is 38.9 Å². The Morgan fingerprint density at radius 3 is 2.64 bits per heavy atom. The van der Waals surface area contributed by atoms with Crippen molar-refractivity contribution < 1.29 is 0 Å². The molecule has 11 heavy (non-hydrogen) atoms. The third kappa shape index (κ3) is 1.24. The van der Waals surface area contributed by atoms with E-state index in [2.05, 4.69) is 11.6 Å². The van der Waals surface area contributed by atoms with Crippen LogP contribution in [0.15, 0.2) is 12.8 Å². The first-order valence-electron chi connectivity index (χ1n) is 3.51. The van der Waals surface area contributed by atoms with Crippen LogP contribution in [0.1, 0.15) is 16.7 Å². The quantitative estimate of drug-likeness (QED) is 0.660. The predicted octanol–water partition coefficient (Wildman–Crippen LogP) is 1.92. The van der Waals surface area contributed by atoms with Crippen molar-refractivity contribution in [2.45, 2.75) is 13.8 Å². The summed E-state index contributed by atoms with van der Waals surface area (Å²) in [5.41, 5.74) is 8.85. The fourth-order valence-corrected chi connectivity index (χ4v) is 0.947. The number of rotatable bonds is 1. The SMILES string of the molecule is C=Cc1cnc(N)c(C)c1C. The molecular weight excluding hydrogens is 136 g/mol. The molecule has 0 saturated carbocycles. The molecule has 0 unspecified atom stereocenters. The van der Waals surface area contributed by atoms with Crippen molar-refractivity contribution in [3.05, 3.63) is 29.5 Å². The molecule has 1 heterocycles. The lowest BCUT2D eigenvalue weighted by atomic mass is 10.1. The second-order valence-corrected chi connectivity index (χ2v) is 2.55. The summed E-state index contributed by atoms with van der Waals surface area (Å²) in [4.78, 5) is 4.02. The molecule has 0 aromatic carbocycles. The van der Waals surface area contributed by atoms with Gasteiger partial charge in [0, 0.05) is 6.20 Å². The molecule has 1 rings (SSSR count). The zero-order chi connectivity index (χ0) is 8.43. The maximum Gasteiger partial charge on any atom is 0.126 e. The number of anilines is 1. The number of pyridine rings is 1. The van der Waals surface area contributed by atoms with E-state index in [0.717, 1.165) is 16.7 Å². The number of hydrogen-bond acceptors (Lipinski definition) is 2. The Balaban J connectivity index is 3.36. The molecule has 0 atom stereocenters. The molecule has 0 spiro atoms. The van der Waals surface area contributed by atoms with Gasteiger partial charge in [-0.15, -0.1) is 0 Å². The van der Waals surface area contributed by atoms with Crippen molar-refractivity contribution in [1.82, 2.24) is 4.98 Å². The van der Waals surface area contributed by atoms with E-state index in [1.54, 1.807) is 12.3 Å². The van der Waals surface area contributed by atoms with Crippen LogP contribution in [-0.2, 0) is 0 Å². The zero-order valence-electron chi connectivity index (χ0n) is 6.89. The highest BCUT2D eigenvalue weighted by molar-refractivity contribution is 5.57. The van der Waals surface area contributed by atoms with Gasteiger partial charge in [0.15, 0.2) is 0 Å². The summed E-state index contributed by atoms with van der Waals surface area (Å²) in [6.07, 6.45) is 3.53. The normalized spacial score (nSPS) is 9.64. The Morgan fingerprint density at radius 2 is 2.09 bits per heavy atom. The molecule has 2 nitrogen and oxygen atoms in total. The summed E-state index contributed by atoms with van der Waals surface area (Å²) in [5.74, 6) is 0.605. The third-order valence-electron chi connectivity index (χ3n) is 1.94. The predicted molar refractivity (Wildman–Crippen MR) is 48.2 cm³/mol. The van der Waals surface area contributed by atoms with Crippen molar-refractivity contribution in [3.63, 3.8) is 0 Å². The van der Waals surface area contributed by atoms with Crippen molar-refractivity contribution >= 4 is 11.9 Å². The Labute approximate surface area is 66.8 Å². The molecule has 1 aromatic rings. The smallest absolute Gasteiger partial charge is 0.126 e. The average Bonchev–Trinajstić information content (AvgIpc) is 2.01. The van der Waals surface area contributed by atoms with Gasteiger partial charge in [-0.25, -0.2) is 4.98 Å². The lowest BCUT2D eigenvalue weighted by Crippen LogP contribution is -1.97. The molecule has 0 fully saturated rings. The molecule has 2 N–H and O–H groups in total. The van der Waals surface area contributed by atoms with E-state index in [0.29, 0.717) is 5.82 Å². The molecule has 0 aliphatic rings. The average molecular weight is 148 g/mol. The van der Waals surface area contributed by atoms with Crippen LogP contribution in [0.5, 0.6) is 0 Å². The lowest BCUT2D eigenvalue weighted by molar-refractivity contribution is 1.21. The largest absolute Gasteiger partial charge is 0.383 e. The molecule has 0 amide bonds. The monoisotopic (exact) mass is 148 g/mol. The van der Waals surface area contributed by atoms with E-state index in [1.807, 2.05) is 13.8 Å².